The van der Waals surface area contributed by atoms with Crippen LogP contribution in [-0.4, -0.2) is 35.0 Å². The summed E-state index contributed by atoms with van der Waals surface area (Å²) in [6.07, 6.45) is 3.34. The van der Waals surface area contributed by atoms with E-state index in [1.54, 1.807) is 17.3 Å². The third-order valence-electron chi connectivity index (χ3n) is 3.39. The molecule has 1 atom stereocenters. The van der Waals surface area contributed by atoms with E-state index < -0.39 is 0 Å². The molecule has 0 saturated carbocycles. The first-order valence-electron chi connectivity index (χ1n) is 7.13. The Morgan fingerprint density at radius 3 is 2.45 bits per heavy atom. The molecule has 0 aliphatic carbocycles. The molecule has 6 heteroatoms. The highest BCUT2D eigenvalue weighted by atomic mass is 16.1. The summed E-state index contributed by atoms with van der Waals surface area (Å²) in [5.41, 5.74) is 3.05. The maximum atomic E-state index is 12.4. The lowest BCUT2D eigenvalue weighted by molar-refractivity contribution is 0.0938. The monoisotopic (exact) mass is 299 g/mol. The van der Waals surface area contributed by atoms with Crippen molar-refractivity contribution in [3.05, 3.63) is 47.0 Å². The van der Waals surface area contributed by atoms with Crippen LogP contribution in [0, 0.1) is 13.8 Å². The molecule has 0 fully saturated rings. The van der Waals surface area contributed by atoms with E-state index in [-0.39, 0.29) is 11.9 Å². The number of rotatable bonds is 4. The predicted octanol–water partition coefficient (Wildman–Crippen LogP) is 2.05. The maximum absolute atomic E-state index is 12.4. The second-order valence-electron chi connectivity index (χ2n) is 5.49. The quantitative estimate of drug-likeness (QED) is 0.935. The lowest BCUT2D eigenvalue weighted by Crippen LogP contribution is -2.28. The first-order valence-corrected chi connectivity index (χ1v) is 7.13. The van der Waals surface area contributed by atoms with Crippen LogP contribution in [0.2, 0.25) is 0 Å². The molecule has 6 nitrogen and oxygen atoms in total. The molecule has 0 bridgehead atoms. The number of hydrogen-bond donors (Lipinski definition) is 1. The summed E-state index contributed by atoms with van der Waals surface area (Å²) in [5.74, 6) is 0.403. The van der Waals surface area contributed by atoms with Crippen LogP contribution in [0.4, 0.5) is 5.95 Å². The van der Waals surface area contributed by atoms with E-state index in [4.69, 9.17) is 0 Å². The number of pyridine rings is 1. The molecule has 1 amide bonds. The van der Waals surface area contributed by atoms with Crippen LogP contribution in [0.25, 0.3) is 0 Å². The number of carbonyl (C=O) groups is 1. The highest BCUT2D eigenvalue weighted by Gasteiger charge is 2.15. The summed E-state index contributed by atoms with van der Waals surface area (Å²) in [4.78, 5) is 26.9. The van der Waals surface area contributed by atoms with Gasteiger partial charge in [-0.2, -0.15) is 0 Å². The van der Waals surface area contributed by atoms with Gasteiger partial charge in [-0.3, -0.25) is 9.78 Å². The minimum Gasteiger partial charge on any atom is -0.347 e. The molecule has 22 heavy (non-hydrogen) atoms. The summed E-state index contributed by atoms with van der Waals surface area (Å²) < 4.78 is 0. The van der Waals surface area contributed by atoms with Crippen LogP contribution >= 0.6 is 0 Å². The van der Waals surface area contributed by atoms with E-state index in [9.17, 15) is 4.79 Å². The molecule has 2 aromatic rings. The van der Waals surface area contributed by atoms with Crippen LogP contribution in [-0.2, 0) is 0 Å². The second-order valence-corrected chi connectivity index (χ2v) is 5.49. The summed E-state index contributed by atoms with van der Waals surface area (Å²) in [6.45, 7) is 5.66. The number of carbonyl (C=O) groups excluding carboxylic acids is 1. The third-order valence-corrected chi connectivity index (χ3v) is 3.39. The predicted molar refractivity (Wildman–Crippen MR) is 86.0 cm³/mol. The zero-order valence-electron chi connectivity index (χ0n) is 13.6. The van der Waals surface area contributed by atoms with Crippen molar-refractivity contribution in [1.29, 1.82) is 0 Å². The summed E-state index contributed by atoms with van der Waals surface area (Å²) in [7, 11) is 3.72. The van der Waals surface area contributed by atoms with Gasteiger partial charge in [-0.05, 0) is 32.4 Å². The Morgan fingerprint density at radius 1 is 1.18 bits per heavy atom. The fourth-order valence-electron chi connectivity index (χ4n) is 1.99. The van der Waals surface area contributed by atoms with Gasteiger partial charge in [0.2, 0.25) is 5.95 Å². The number of aromatic nitrogens is 3. The number of nitrogens with one attached hydrogen (secondary N) is 1. The zero-order chi connectivity index (χ0) is 16.3. The molecule has 0 aromatic carbocycles. The normalized spacial score (nSPS) is 11.9. The fraction of sp³-hybridized carbons (Fsp3) is 0.375. The lowest BCUT2D eigenvalue weighted by atomic mass is 10.1. The molecule has 0 aliphatic heterocycles. The van der Waals surface area contributed by atoms with E-state index in [0.717, 1.165) is 11.3 Å². The zero-order valence-corrected chi connectivity index (χ0v) is 13.6. The Morgan fingerprint density at radius 2 is 1.91 bits per heavy atom. The van der Waals surface area contributed by atoms with Crippen LogP contribution in [0.1, 0.15) is 40.3 Å². The number of amides is 1. The van der Waals surface area contributed by atoms with Crippen molar-refractivity contribution < 1.29 is 4.79 Å². The molecular weight excluding hydrogens is 278 g/mol. The van der Waals surface area contributed by atoms with Gasteiger partial charge in [-0.1, -0.05) is 6.07 Å². The van der Waals surface area contributed by atoms with Gasteiger partial charge >= 0.3 is 0 Å². The molecule has 0 radical (unpaired) electrons. The molecule has 2 rings (SSSR count). The van der Waals surface area contributed by atoms with Gasteiger partial charge < -0.3 is 10.2 Å². The first kappa shape index (κ1) is 15.9. The Hall–Kier alpha value is -2.50. The first-order chi connectivity index (χ1) is 10.4. The highest BCUT2D eigenvalue weighted by Crippen LogP contribution is 2.14. The van der Waals surface area contributed by atoms with Crippen molar-refractivity contribution in [2.75, 3.05) is 19.0 Å². The molecule has 116 valence electrons. The molecule has 0 aliphatic rings. The van der Waals surface area contributed by atoms with E-state index in [1.807, 2.05) is 47.0 Å². The van der Waals surface area contributed by atoms with Crippen molar-refractivity contribution in [1.82, 2.24) is 20.3 Å². The minimum atomic E-state index is -0.184. The topological polar surface area (TPSA) is 71.0 Å². The molecular formula is C16H21N5O. The van der Waals surface area contributed by atoms with Crippen molar-refractivity contribution in [2.24, 2.45) is 0 Å². The third kappa shape index (κ3) is 3.58. The van der Waals surface area contributed by atoms with Crippen LogP contribution in [0.15, 0.2) is 24.5 Å². The Bertz CT molecular complexity index is 667. The number of nitrogens with zero attached hydrogens (tertiary/aromatic N) is 4. The fourth-order valence-corrected chi connectivity index (χ4v) is 1.99. The molecule has 0 saturated heterocycles. The Labute approximate surface area is 130 Å². The van der Waals surface area contributed by atoms with Crippen LogP contribution in [0.5, 0.6) is 0 Å². The average molecular weight is 299 g/mol. The SMILES string of the molecule is Cc1ccc(C(C)NC(=O)c2cnc(N(C)C)nc2C)cn1. The van der Waals surface area contributed by atoms with Crippen molar-refractivity contribution >= 4 is 11.9 Å². The van der Waals surface area contributed by atoms with Gasteiger partial charge in [0.1, 0.15) is 0 Å². The number of anilines is 1. The van der Waals surface area contributed by atoms with E-state index in [2.05, 4.69) is 20.3 Å². The van der Waals surface area contributed by atoms with Crippen molar-refractivity contribution in [3.63, 3.8) is 0 Å². The molecule has 0 spiro atoms. The van der Waals surface area contributed by atoms with Crippen LogP contribution < -0.4 is 10.2 Å². The van der Waals surface area contributed by atoms with Crippen molar-refractivity contribution in [2.45, 2.75) is 26.8 Å². The summed E-state index contributed by atoms with van der Waals surface area (Å²) in [6, 6.07) is 3.76. The molecule has 2 aromatic heterocycles. The van der Waals surface area contributed by atoms with Gasteiger partial charge in [0, 0.05) is 32.2 Å². The van der Waals surface area contributed by atoms with Crippen LogP contribution in [0.3, 0.4) is 0 Å². The smallest absolute Gasteiger partial charge is 0.255 e. The number of hydrogen-bond acceptors (Lipinski definition) is 5. The Balaban J connectivity index is 2.13. The lowest BCUT2D eigenvalue weighted by Gasteiger charge is -2.16. The molecule has 2 heterocycles. The van der Waals surface area contributed by atoms with Gasteiger partial charge in [0.25, 0.3) is 5.91 Å². The second kappa shape index (κ2) is 6.51. The summed E-state index contributed by atoms with van der Waals surface area (Å²) in [5, 5.41) is 2.95. The molecule has 1 unspecified atom stereocenters. The summed E-state index contributed by atoms with van der Waals surface area (Å²) >= 11 is 0. The number of aryl methyl sites for hydroxylation is 2. The largest absolute Gasteiger partial charge is 0.347 e. The van der Waals surface area contributed by atoms with E-state index >= 15 is 0 Å². The Kier molecular flexibility index (Phi) is 4.70. The van der Waals surface area contributed by atoms with Gasteiger partial charge in [-0.15, -0.1) is 0 Å². The van der Waals surface area contributed by atoms with Gasteiger partial charge in [0.15, 0.2) is 0 Å². The highest BCUT2D eigenvalue weighted by molar-refractivity contribution is 5.95. The van der Waals surface area contributed by atoms with Gasteiger partial charge in [0.05, 0.1) is 17.3 Å². The molecule has 1 N–H and O–H groups in total. The minimum absolute atomic E-state index is 0.131. The van der Waals surface area contributed by atoms with E-state index in [1.165, 1.54) is 0 Å². The average Bonchev–Trinajstić information content (AvgIpc) is 2.47. The standard InChI is InChI=1S/C16H21N5O/c1-10-6-7-13(8-17-10)11(2)19-15(22)14-9-18-16(21(4)5)20-12(14)3/h6-9,11H,1-5H3,(H,19,22). The maximum Gasteiger partial charge on any atom is 0.255 e. The van der Waals surface area contributed by atoms with Gasteiger partial charge in [-0.25, -0.2) is 9.97 Å². The van der Waals surface area contributed by atoms with E-state index in [0.29, 0.717) is 17.2 Å². The van der Waals surface area contributed by atoms with Crippen molar-refractivity contribution in [3.8, 4) is 0 Å².